The average molecular weight is 369 g/mol. The fourth-order valence-electron chi connectivity index (χ4n) is 2.85. The Morgan fingerprint density at radius 1 is 1.11 bits per heavy atom. The van der Waals surface area contributed by atoms with E-state index in [0.29, 0.717) is 12.2 Å². The molecule has 3 N–H and O–H groups in total. The van der Waals surface area contributed by atoms with Gasteiger partial charge in [0.1, 0.15) is 5.75 Å². The number of phenolic OH excluding ortho intramolecular Hbond substituents is 1. The zero-order valence-electron chi connectivity index (χ0n) is 16.2. The van der Waals surface area contributed by atoms with Crippen LogP contribution in [0.1, 0.15) is 36.6 Å². The highest BCUT2D eigenvalue weighted by Crippen LogP contribution is 2.23. The number of phenols is 1. The molecule has 0 spiro atoms. The number of carbonyl (C=O) groups is 2. The number of nitrogens with zero attached hydrogens (tertiary/aromatic N) is 1. The Morgan fingerprint density at radius 3 is 2.48 bits per heavy atom. The molecule has 2 aromatic carbocycles. The molecule has 0 aliphatic heterocycles. The summed E-state index contributed by atoms with van der Waals surface area (Å²) in [4.78, 5) is 26.3. The van der Waals surface area contributed by atoms with E-state index < -0.39 is 6.03 Å². The monoisotopic (exact) mass is 369 g/mol. The van der Waals surface area contributed by atoms with Crippen molar-refractivity contribution < 1.29 is 14.7 Å². The quantitative estimate of drug-likeness (QED) is 0.724. The van der Waals surface area contributed by atoms with Gasteiger partial charge >= 0.3 is 6.03 Å². The second kappa shape index (κ2) is 9.19. The molecule has 3 amide bonds. The molecule has 0 aliphatic rings. The van der Waals surface area contributed by atoms with Gasteiger partial charge in [-0.05, 0) is 68.3 Å². The maximum absolute atomic E-state index is 12.3. The van der Waals surface area contributed by atoms with Crippen LogP contribution >= 0.6 is 0 Å². The predicted molar refractivity (Wildman–Crippen MR) is 107 cm³/mol. The van der Waals surface area contributed by atoms with Crippen LogP contribution in [0, 0.1) is 13.8 Å². The van der Waals surface area contributed by atoms with Crippen molar-refractivity contribution in [1.29, 1.82) is 0 Å². The third-order valence-corrected chi connectivity index (χ3v) is 4.67. The van der Waals surface area contributed by atoms with E-state index in [1.807, 2.05) is 50.8 Å². The smallest absolute Gasteiger partial charge is 0.325 e. The number of carbonyl (C=O) groups excluding carboxylic acids is 2. The molecule has 144 valence electrons. The number of urea groups is 1. The Kier molecular flexibility index (Phi) is 6.96. The van der Waals surface area contributed by atoms with Gasteiger partial charge < -0.3 is 10.4 Å². The summed E-state index contributed by atoms with van der Waals surface area (Å²) in [6.45, 7) is 8.57. The van der Waals surface area contributed by atoms with Crippen molar-refractivity contribution in [3.05, 3.63) is 59.2 Å². The molecule has 0 aliphatic carbocycles. The molecular formula is C21H27N3O3. The van der Waals surface area contributed by atoms with Gasteiger partial charge in [0.25, 0.3) is 0 Å². The van der Waals surface area contributed by atoms with Crippen molar-refractivity contribution in [3.63, 3.8) is 0 Å². The highest BCUT2D eigenvalue weighted by atomic mass is 16.3. The number of nitrogens with one attached hydrogen (secondary N) is 2. The van der Waals surface area contributed by atoms with Gasteiger partial charge in [-0.2, -0.15) is 0 Å². The largest absolute Gasteiger partial charge is 0.508 e. The van der Waals surface area contributed by atoms with Crippen molar-refractivity contribution in [2.45, 2.75) is 33.7 Å². The summed E-state index contributed by atoms with van der Waals surface area (Å²) in [6, 6.07) is 11.9. The highest BCUT2D eigenvalue weighted by Gasteiger charge is 2.19. The molecule has 0 saturated heterocycles. The number of hydrogen-bond acceptors (Lipinski definition) is 4. The minimum Gasteiger partial charge on any atom is -0.508 e. The molecule has 6 nitrogen and oxygen atoms in total. The first-order valence-electron chi connectivity index (χ1n) is 9.01. The molecule has 0 bridgehead atoms. The number of amides is 3. The minimum atomic E-state index is -0.552. The fraction of sp³-hybridized carbons (Fsp3) is 0.333. The molecule has 0 aromatic heterocycles. The molecule has 6 heteroatoms. The number of likely N-dealkylation sites (N-methyl/N-ethyl adjacent to an activating group) is 1. The summed E-state index contributed by atoms with van der Waals surface area (Å²) in [6.07, 6.45) is 0. The number of aryl methyl sites for hydroxylation is 2. The van der Waals surface area contributed by atoms with Crippen LogP contribution in [0.3, 0.4) is 0 Å². The molecule has 2 aromatic rings. The van der Waals surface area contributed by atoms with Gasteiger partial charge in [-0.3, -0.25) is 15.0 Å². The van der Waals surface area contributed by atoms with Crippen molar-refractivity contribution >= 4 is 17.6 Å². The predicted octanol–water partition coefficient (Wildman–Crippen LogP) is 3.74. The molecule has 0 fully saturated rings. The number of hydrogen-bond donors (Lipinski definition) is 3. The van der Waals surface area contributed by atoms with E-state index in [9.17, 15) is 14.7 Å². The summed E-state index contributed by atoms with van der Waals surface area (Å²) in [5.74, 6) is -0.196. The van der Waals surface area contributed by atoms with Gasteiger partial charge in [0.2, 0.25) is 5.91 Å². The second-order valence-electron chi connectivity index (χ2n) is 6.64. The second-order valence-corrected chi connectivity index (χ2v) is 6.64. The van der Waals surface area contributed by atoms with Gasteiger partial charge in [0.15, 0.2) is 0 Å². The number of aromatic hydroxyl groups is 1. The molecule has 1 atom stereocenters. The van der Waals surface area contributed by atoms with E-state index in [1.54, 1.807) is 24.3 Å². The average Bonchev–Trinajstić information content (AvgIpc) is 2.62. The lowest BCUT2D eigenvalue weighted by Gasteiger charge is -2.27. The first kappa shape index (κ1) is 20.5. The standard InChI is InChI=1S/C21H27N3O3/c1-5-24(16(4)17-7-6-8-19(25)12-17)13-20(26)23-21(27)22-18-10-9-14(2)15(3)11-18/h6-12,16,25H,5,13H2,1-4H3,(H2,22,23,26,27)/t16-/m1/s1. The van der Waals surface area contributed by atoms with Crippen LogP contribution in [0.25, 0.3) is 0 Å². The van der Waals surface area contributed by atoms with Crippen molar-refractivity contribution in [1.82, 2.24) is 10.2 Å². The molecular weight excluding hydrogens is 342 g/mol. The zero-order valence-corrected chi connectivity index (χ0v) is 16.2. The third kappa shape index (κ3) is 5.82. The van der Waals surface area contributed by atoms with Crippen LogP contribution < -0.4 is 10.6 Å². The van der Waals surface area contributed by atoms with E-state index in [-0.39, 0.29) is 24.2 Å². The van der Waals surface area contributed by atoms with Crippen LogP contribution in [0.4, 0.5) is 10.5 Å². The topological polar surface area (TPSA) is 81.7 Å². The number of anilines is 1. The lowest BCUT2D eigenvalue weighted by molar-refractivity contribution is -0.121. The molecule has 27 heavy (non-hydrogen) atoms. The van der Waals surface area contributed by atoms with E-state index >= 15 is 0 Å². The van der Waals surface area contributed by atoms with E-state index in [1.165, 1.54) is 0 Å². The number of benzene rings is 2. The molecule has 2 rings (SSSR count). The maximum Gasteiger partial charge on any atom is 0.325 e. The van der Waals surface area contributed by atoms with Gasteiger partial charge in [0.05, 0.1) is 6.54 Å². The first-order chi connectivity index (χ1) is 12.8. The number of rotatable bonds is 6. The lowest BCUT2D eigenvalue weighted by Crippen LogP contribution is -2.42. The van der Waals surface area contributed by atoms with Crippen molar-refractivity contribution in [2.75, 3.05) is 18.4 Å². The Hall–Kier alpha value is -2.86. The van der Waals surface area contributed by atoms with E-state index in [2.05, 4.69) is 10.6 Å². The van der Waals surface area contributed by atoms with E-state index in [4.69, 9.17) is 0 Å². The van der Waals surface area contributed by atoms with Gasteiger partial charge in [0, 0.05) is 11.7 Å². The number of imide groups is 1. The summed E-state index contributed by atoms with van der Waals surface area (Å²) >= 11 is 0. The molecule has 0 saturated carbocycles. The van der Waals surface area contributed by atoms with Crippen molar-refractivity contribution in [3.8, 4) is 5.75 Å². The van der Waals surface area contributed by atoms with Crippen LogP contribution in [0.15, 0.2) is 42.5 Å². The third-order valence-electron chi connectivity index (χ3n) is 4.67. The van der Waals surface area contributed by atoms with Crippen LogP contribution in [0.2, 0.25) is 0 Å². The Bertz CT molecular complexity index is 820. The lowest BCUT2D eigenvalue weighted by atomic mass is 10.1. The van der Waals surface area contributed by atoms with E-state index in [0.717, 1.165) is 16.7 Å². The Balaban J connectivity index is 1.93. The zero-order chi connectivity index (χ0) is 20.0. The van der Waals surface area contributed by atoms with Gasteiger partial charge in [-0.15, -0.1) is 0 Å². The van der Waals surface area contributed by atoms with Crippen LogP contribution in [-0.2, 0) is 4.79 Å². The van der Waals surface area contributed by atoms with Gasteiger partial charge in [-0.25, -0.2) is 4.79 Å². The molecule has 0 unspecified atom stereocenters. The Labute approximate surface area is 160 Å². The summed E-state index contributed by atoms with van der Waals surface area (Å²) in [5.41, 5.74) is 3.75. The minimum absolute atomic E-state index is 0.0735. The highest BCUT2D eigenvalue weighted by molar-refractivity contribution is 6.01. The maximum atomic E-state index is 12.3. The summed E-state index contributed by atoms with van der Waals surface area (Å²) in [5, 5.41) is 14.7. The first-order valence-corrected chi connectivity index (χ1v) is 9.01. The van der Waals surface area contributed by atoms with Crippen LogP contribution in [0.5, 0.6) is 5.75 Å². The van der Waals surface area contributed by atoms with Crippen molar-refractivity contribution in [2.24, 2.45) is 0 Å². The van der Waals surface area contributed by atoms with Crippen LogP contribution in [-0.4, -0.2) is 35.0 Å². The molecule has 0 heterocycles. The summed E-state index contributed by atoms with van der Waals surface area (Å²) < 4.78 is 0. The fourth-order valence-corrected chi connectivity index (χ4v) is 2.85. The SMILES string of the molecule is CCN(CC(=O)NC(=O)Nc1ccc(C)c(C)c1)[C@H](C)c1cccc(O)c1. The molecule has 0 radical (unpaired) electrons. The normalized spacial score (nSPS) is 11.9. The Morgan fingerprint density at radius 2 is 1.85 bits per heavy atom. The van der Waals surface area contributed by atoms with Gasteiger partial charge in [-0.1, -0.05) is 25.1 Å². The summed E-state index contributed by atoms with van der Waals surface area (Å²) in [7, 11) is 0.